The highest BCUT2D eigenvalue weighted by Crippen LogP contribution is 2.28. The van der Waals surface area contributed by atoms with Crippen LogP contribution in [0.2, 0.25) is 5.02 Å². The Morgan fingerprint density at radius 3 is 2.40 bits per heavy atom. The summed E-state index contributed by atoms with van der Waals surface area (Å²) in [5.41, 5.74) is 6.71. The van der Waals surface area contributed by atoms with Gasteiger partial charge in [0.2, 0.25) is 10.0 Å². The minimum absolute atomic E-state index is 0.0217. The lowest BCUT2D eigenvalue weighted by atomic mass is 9.88. The van der Waals surface area contributed by atoms with Gasteiger partial charge in [-0.1, -0.05) is 18.5 Å². The fourth-order valence-corrected chi connectivity index (χ4v) is 4.12. The number of aryl methyl sites for hydroxylation is 1. The lowest BCUT2D eigenvalue weighted by molar-refractivity contribution is 0.332. The van der Waals surface area contributed by atoms with Crippen LogP contribution < -0.4 is 10.5 Å². The number of nitrogen functional groups attached to an aromatic ring is 1. The number of sulfonamides is 1. The summed E-state index contributed by atoms with van der Waals surface area (Å²) in [5.74, 6) is 0.684. The van der Waals surface area contributed by atoms with E-state index in [4.69, 9.17) is 17.3 Å². The predicted molar refractivity (Wildman–Crippen MR) is 82.3 cm³/mol. The van der Waals surface area contributed by atoms with E-state index in [9.17, 15) is 8.42 Å². The predicted octanol–water partition coefficient (Wildman–Crippen LogP) is 3.09. The van der Waals surface area contributed by atoms with Crippen LogP contribution in [-0.2, 0) is 10.0 Å². The minimum Gasteiger partial charge on any atom is -0.397 e. The van der Waals surface area contributed by atoms with E-state index in [1.54, 1.807) is 13.0 Å². The van der Waals surface area contributed by atoms with Crippen molar-refractivity contribution in [3.63, 3.8) is 0 Å². The highest BCUT2D eigenvalue weighted by Gasteiger charge is 2.24. The first-order valence-corrected chi connectivity index (χ1v) is 8.73. The minimum atomic E-state index is -3.53. The van der Waals surface area contributed by atoms with Crippen LogP contribution in [0.15, 0.2) is 17.0 Å². The molecule has 0 aromatic heterocycles. The first-order chi connectivity index (χ1) is 9.29. The van der Waals surface area contributed by atoms with E-state index in [0.717, 1.165) is 25.7 Å². The van der Waals surface area contributed by atoms with Crippen molar-refractivity contribution in [1.82, 2.24) is 4.72 Å². The molecule has 0 atom stereocenters. The summed E-state index contributed by atoms with van der Waals surface area (Å²) >= 11 is 5.97. The van der Waals surface area contributed by atoms with Crippen molar-refractivity contribution in [2.24, 2.45) is 5.92 Å². The number of rotatable bonds is 3. The van der Waals surface area contributed by atoms with Crippen molar-refractivity contribution >= 4 is 27.3 Å². The third-order valence-corrected chi connectivity index (χ3v) is 5.92. The first kappa shape index (κ1) is 15.6. The van der Waals surface area contributed by atoms with E-state index in [-0.39, 0.29) is 10.9 Å². The Kier molecular flexibility index (Phi) is 4.62. The molecule has 20 heavy (non-hydrogen) atoms. The second kappa shape index (κ2) is 5.92. The third-order valence-electron chi connectivity index (χ3n) is 3.90. The zero-order valence-electron chi connectivity index (χ0n) is 11.8. The van der Waals surface area contributed by atoms with Gasteiger partial charge in [0.15, 0.2) is 0 Å². The van der Waals surface area contributed by atoms with Crippen LogP contribution in [0.25, 0.3) is 0 Å². The molecule has 0 bridgehead atoms. The zero-order chi connectivity index (χ0) is 14.9. The summed E-state index contributed by atoms with van der Waals surface area (Å²) in [6.07, 6.45) is 3.91. The Bertz CT molecular complexity index is 570. The van der Waals surface area contributed by atoms with Gasteiger partial charge in [0.25, 0.3) is 0 Å². The SMILES string of the molecule is Cc1cc(S(=O)(=O)NC2CCC(C)CC2)cc(N)c1Cl. The Balaban J connectivity index is 2.18. The maximum atomic E-state index is 12.4. The van der Waals surface area contributed by atoms with E-state index >= 15 is 0 Å². The molecule has 1 aromatic rings. The molecule has 0 unspecified atom stereocenters. The van der Waals surface area contributed by atoms with E-state index in [2.05, 4.69) is 11.6 Å². The second-order valence-corrected chi connectivity index (χ2v) is 7.81. The maximum Gasteiger partial charge on any atom is 0.240 e. The van der Waals surface area contributed by atoms with Crippen molar-refractivity contribution in [3.05, 3.63) is 22.7 Å². The molecule has 1 saturated carbocycles. The number of anilines is 1. The first-order valence-electron chi connectivity index (χ1n) is 6.87. The van der Waals surface area contributed by atoms with Gasteiger partial charge in [-0.25, -0.2) is 13.1 Å². The van der Waals surface area contributed by atoms with Gasteiger partial charge < -0.3 is 5.73 Å². The zero-order valence-corrected chi connectivity index (χ0v) is 13.4. The number of halogens is 1. The van der Waals surface area contributed by atoms with Crippen LogP contribution in [0, 0.1) is 12.8 Å². The molecule has 1 aromatic carbocycles. The van der Waals surface area contributed by atoms with Crippen LogP contribution in [0.3, 0.4) is 0 Å². The molecule has 0 saturated heterocycles. The summed E-state index contributed by atoms with van der Waals surface area (Å²) in [5, 5.41) is 0.412. The lowest BCUT2D eigenvalue weighted by Gasteiger charge is -2.26. The number of nitrogens with two attached hydrogens (primary N) is 1. The number of benzene rings is 1. The Labute approximate surface area is 125 Å². The van der Waals surface area contributed by atoms with Crippen molar-refractivity contribution in [2.45, 2.75) is 50.5 Å². The standard InChI is InChI=1S/C14H21ClN2O2S/c1-9-3-5-11(6-4-9)17-20(18,19)12-7-10(2)14(15)13(16)8-12/h7-9,11,17H,3-6,16H2,1-2H3. The molecule has 1 aliphatic carbocycles. The summed E-state index contributed by atoms with van der Waals surface area (Å²) in [6, 6.07) is 3.00. The van der Waals surface area contributed by atoms with E-state index in [1.807, 2.05) is 0 Å². The number of hydrogen-bond donors (Lipinski definition) is 2. The quantitative estimate of drug-likeness (QED) is 0.842. The third kappa shape index (κ3) is 3.45. The fourth-order valence-electron chi connectivity index (χ4n) is 2.58. The molecule has 2 rings (SSSR count). The molecule has 0 aliphatic heterocycles. The largest absolute Gasteiger partial charge is 0.397 e. The molecule has 0 spiro atoms. The molecule has 4 nitrogen and oxygen atoms in total. The van der Waals surface area contributed by atoms with Crippen molar-refractivity contribution in [3.8, 4) is 0 Å². The lowest BCUT2D eigenvalue weighted by Crippen LogP contribution is -2.37. The average molecular weight is 317 g/mol. The molecule has 6 heteroatoms. The highest BCUT2D eigenvalue weighted by atomic mass is 35.5. The molecule has 112 valence electrons. The molecule has 1 fully saturated rings. The van der Waals surface area contributed by atoms with Crippen molar-refractivity contribution < 1.29 is 8.42 Å². The molecular formula is C14H21ClN2O2S. The number of hydrogen-bond acceptors (Lipinski definition) is 3. The summed E-state index contributed by atoms with van der Waals surface area (Å²) in [4.78, 5) is 0.190. The average Bonchev–Trinajstić information content (AvgIpc) is 2.38. The molecular weight excluding hydrogens is 296 g/mol. The molecule has 1 aliphatic rings. The molecule has 0 heterocycles. The van der Waals surface area contributed by atoms with Crippen LogP contribution in [-0.4, -0.2) is 14.5 Å². The topological polar surface area (TPSA) is 72.2 Å². The second-order valence-electron chi connectivity index (χ2n) is 5.72. The Hall–Kier alpha value is -0.780. The van der Waals surface area contributed by atoms with Gasteiger partial charge in [-0.05, 0) is 56.2 Å². The Morgan fingerprint density at radius 1 is 1.25 bits per heavy atom. The van der Waals surface area contributed by atoms with E-state index in [0.29, 0.717) is 22.2 Å². The van der Waals surface area contributed by atoms with Gasteiger partial charge in [0.1, 0.15) is 0 Å². The van der Waals surface area contributed by atoms with Gasteiger partial charge in [0, 0.05) is 6.04 Å². The van der Waals surface area contributed by atoms with Crippen LogP contribution in [0.5, 0.6) is 0 Å². The normalized spacial score (nSPS) is 23.8. The smallest absolute Gasteiger partial charge is 0.240 e. The summed E-state index contributed by atoms with van der Waals surface area (Å²) in [6.45, 7) is 3.95. The molecule has 3 N–H and O–H groups in total. The highest BCUT2D eigenvalue weighted by molar-refractivity contribution is 7.89. The molecule has 0 radical (unpaired) electrons. The number of nitrogens with one attached hydrogen (secondary N) is 1. The summed E-state index contributed by atoms with van der Waals surface area (Å²) in [7, 11) is -3.53. The van der Waals surface area contributed by atoms with Gasteiger partial charge >= 0.3 is 0 Å². The Morgan fingerprint density at radius 2 is 1.85 bits per heavy atom. The van der Waals surface area contributed by atoms with Gasteiger partial charge in [0.05, 0.1) is 15.6 Å². The van der Waals surface area contributed by atoms with Crippen LogP contribution in [0.1, 0.15) is 38.2 Å². The van der Waals surface area contributed by atoms with E-state index in [1.165, 1.54) is 6.07 Å². The van der Waals surface area contributed by atoms with Gasteiger partial charge in [-0.2, -0.15) is 0 Å². The fraction of sp³-hybridized carbons (Fsp3) is 0.571. The maximum absolute atomic E-state index is 12.4. The van der Waals surface area contributed by atoms with Gasteiger partial charge in [-0.3, -0.25) is 0 Å². The van der Waals surface area contributed by atoms with Crippen LogP contribution in [0.4, 0.5) is 5.69 Å². The summed E-state index contributed by atoms with van der Waals surface area (Å²) < 4.78 is 27.6. The van der Waals surface area contributed by atoms with Crippen LogP contribution >= 0.6 is 11.6 Å². The monoisotopic (exact) mass is 316 g/mol. The van der Waals surface area contributed by atoms with Crippen molar-refractivity contribution in [2.75, 3.05) is 5.73 Å². The van der Waals surface area contributed by atoms with E-state index < -0.39 is 10.0 Å². The van der Waals surface area contributed by atoms with Crippen molar-refractivity contribution in [1.29, 1.82) is 0 Å². The van der Waals surface area contributed by atoms with Gasteiger partial charge in [-0.15, -0.1) is 0 Å². The molecule has 0 amide bonds.